The number of aromatic nitrogens is 2. The van der Waals surface area contributed by atoms with Gasteiger partial charge in [0.25, 0.3) is 0 Å². The van der Waals surface area contributed by atoms with Gasteiger partial charge in [-0.2, -0.15) is 0 Å². The first-order valence-corrected chi connectivity index (χ1v) is 10.5. The second-order valence-electron chi connectivity index (χ2n) is 7.15. The summed E-state index contributed by atoms with van der Waals surface area (Å²) in [4.78, 5) is 26.0. The lowest BCUT2D eigenvalue weighted by Crippen LogP contribution is -2.28. The van der Waals surface area contributed by atoms with E-state index in [4.69, 9.17) is 16.3 Å². The van der Waals surface area contributed by atoms with E-state index in [2.05, 4.69) is 20.3 Å². The van der Waals surface area contributed by atoms with Gasteiger partial charge in [-0.05, 0) is 42.7 Å². The van der Waals surface area contributed by atoms with E-state index in [0.29, 0.717) is 42.5 Å². The van der Waals surface area contributed by atoms with Crippen LogP contribution in [0.15, 0.2) is 47.7 Å². The predicted octanol–water partition coefficient (Wildman–Crippen LogP) is 2.98. The van der Waals surface area contributed by atoms with Gasteiger partial charge in [0.1, 0.15) is 5.82 Å². The molecule has 10 heteroatoms. The molecule has 2 heterocycles. The number of rotatable bonds is 9. The quantitative estimate of drug-likeness (QED) is 0.440. The van der Waals surface area contributed by atoms with Crippen LogP contribution >= 0.6 is 11.6 Å². The summed E-state index contributed by atoms with van der Waals surface area (Å²) in [7, 11) is 1.61. The first kappa shape index (κ1) is 23.8. The Morgan fingerprint density at radius 1 is 1.44 bits per heavy atom. The Kier molecular flexibility index (Phi) is 8.66. The Bertz CT molecular complexity index is 982. The van der Waals surface area contributed by atoms with Crippen LogP contribution in [0.5, 0.6) is 0 Å². The first-order chi connectivity index (χ1) is 15.5. The number of aliphatic hydroxyl groups is 1. The van der Waals surface area contributed by atoms with E-state index in [-0.39, 0.29) is 11.1 Å². The molecule has 8 nitrogen and oxygen atoms in total. The average Bonchev–Trinajstić information content (AvgIpc) is 2.82. The second kappa shape index (κ2) is 11.7. The molecule has 0 saturated carbocycles. The molecule has 0 spiro atoms. The lowest BCUT2D eigenvalue weighted by molar-refractivity contribution is -0.118. The van der Waals surface area contributed by atoms with Crippen LogP contribution in [0.4, 0.5) is 10.3 Å². The minimum atomic E-state index is -0.787. The summed E-state index contributed by atoms with van der Waals surface area (Å²) >= 11 is 5.73. The molecule has 0 aliphatic carbocycles. The van der Waals surface area contributed by atoms with Crippen molar-refractivity contribution in [2.24, 2.45) is 4.99 Å². The van der Waals surface area contributed by atoms with Crippen LogP contribution in [0.25, 0.3) is 0 Å². The monoisotopic (exact) mass is 461 g/mol. The summed E-state index contributed by atoms with van der Waals surface area (Å²) in [5.74, 6) is -0.139. The summed E-state index contributed by atoms with van der Waals surface area (Å²) in [6, 6.07) is 5.31. The third-order valence-corrected chi connectivity index (χ3v) is 5.41. The molecule has 1 aliphatic heterocycles. The summed E-state index contributed by atoms with van der Waals surface area (Å²) in [6.07, 6.45) is 7.01. The molecule has 3 rings (SSSR count). The number of hydrogen-bond donors (Lipinski definition) is 2. The van der Waals surface area contributed by atoms with Gasteiger partial charge >= 0.3 is 0 Å². The van der Waals surface area contributed by atoms with Gasteiger partial charge in [0, 0.05) is 38.7 Å². The maximum absolute atomic E-state index is 13.9. The molecular formula is C22H25ClFN5O3. The fraction of sp³-hybridized carbons (Fsp3) is 0.364. The highest BCUT2D eigenvalue weighted by atomic mass is 35.5. The molecule has 1 amide bonds. The Morgan fingerprint density at radius 3 is 2.88 bits per heavy atom. The number of amides is 1. The lowest BCUT2D eigenvalue weighted by atomic mass is 10.1. The van der Waals surface area contributed by atoms with Crippen LogP contribution in [0.3, 0.4) is 0 Å². The topological polar surface area (TPSA) is 99.9 Å². The van der Waals surface area contributed by atoms with E-state index < -0.39 is 18.5 Å². The van der Waals surface area contributed by atoms with Crippen LogP contribution in [-0.4, -0.2) is 65.0 Å². The highest BCUT2D eigenvalue weighted by molar-refractivity contribution is 6.30. The number of carbonyl (C=O) groups excluding carboxylic acids is 1. The molecule has 1 saturated heterocycles. The average molecular weight is 462 g/mol. The number of anilines is 1. The maximum Gasteiger partial charge on any atom is 0.223 e. The van der Waals surface area contributed by atoms with E-state index in [0.717, 1.165) is 12.8 Å². The van der Waals surface area contributed by atoms with Crippen LogP contribution in [0.2, 0.25) is 5.02 Å². The Morgan fingerprint density at radius 2 is 2.22 bits per heavy atom. The summed E-state index contributed by atoms with van der Waals surface area (Å²) < 4.78 is 19.2. The lowest BCUT2D eigenvalue weighted by Gasteiger charge is -2.24. The van der Waals surface area contributed by atoms with Crippen LogP contribution in [-0.2, 0) is 9.53 Å². The van der Waals surface area contributed by atoms with Gasteiger partial charge in [-0.1, -0.05) is 17.7 Å². The van der Waals surface area contributed by atoms with E-state index in [1.807, 2.05) is 0 Å². The number of benzene rings is 1. The SMILES string of the molecule is CN=C(/C=C\N(C=O)C(CO)c1ccc(Cl)c(F)c1)c1ccnc(NC2CCOCC2)n1. The third kappa shape index (κ3) is 6.09. The molecule has 1 aliphatic rings. The van der Waals surface area contributed by atoms with Gasteiger partial charge in [0.2, 0.25) is 12.4 Å². The van der Waals surface area contributed by atoms with Crippen molar-refractivity contribution in [1.29, 1.82) is 0 Å². The molecule has 170 valence electrons. The number of halogens is 2. The largest absolute Gasteiger partial charge is 0.394 e. The van der Waals surface area contributed by atoms with Gasteiger partial charge in [-0.25, -0.2) is 14.4 Å². The summed E-state index contributed by atoms with van der Waals surface area (Å²) in [5, 5.41) is 13.1. The Hall–Kier alpha value is -2.88. The molecule has 1 unspecified atom stereocenters. The zero-order valence-corrected chi connectivity index (χ0v) is 18.4. The molecule has 1 atom stereocenters. The molecule has 2 N–H and O–H groups in total. The van der Waals surface area contributed by atoms with Crippen molar-refractivity contribution < 1.29 is 19.0 Å². The van der Waals surface area contributed by atoms with Gasteiger partial charge < -0.3 is 20.1 Å². The van der Waals surface area contributed by atoms with Gasteiger partial charge in [-0.3, -0.25) is 9.79 Å². The van der Waals surface area contributed by atoms with Crippen LogP contribution in [0, 0.1) is 5.82 Å². The van der Waals surface area contributed by atoms with E-state index in [9.17, 15) is 14.3 Å². The zero-order chi connectivity index (χ0) is 22.9. The number of aliphatic imine (C=N–C) groups is 1. The van der Waals surface area contributed by atoms with E-state index in [1.54, 1.807) is 31.5 Å². The van der Waals surface area contributed by atoms with Gasteiger partial charge in [-0.15, -0.1) is 0 Å². The standard InChI is InChI=1S/C22H25ClFN5O3/c1-25-19(20-4-8-26-22(28-20)27-16-6-10-32-11-7-16)5-9-29(14-31)21(13-30)15-2-3-17(23)18(24)12-15/h2-5,8-9,12,14,16,21,30H,6-7,10-11,13H2,1H3,(H,26,27,28)/b9-5-,25-19?. The van der Waals surface area contributed by atoms with E-state index in [1.165, 1.54) is 23.2 Å². The van der Waals surface area contributed by atoms with Crippen LogP contribution < -0.4 is 5.32 Å². The Balaban J connectivity index is 1.76. The molecule has 1 aromatic carbocycles. The van der Waals surface area contributed by atoms with Crippen molar-refractivity contribution in [3.8, 4) is 0 Å². The summed E-state index contributed by atoms with van der Waals surface area (Å²) in [6.45, 7) is 0.995. The van der Waals surface area contributed by atoms with Crippen molar-refractivity contribution in [2.75, 3.05) is 32.2 Å². The highest BCUT2D eigenvalue weighted by Crippen LogP contribution is 2.24. The molecule has 0 radical (unpaired) electrons. The number of nitrogens with zero attached hydrogens (tertiary/aromatic N) is 4. The number of ether oxygens (including phenoxy) is 1. The summed E-state index contributed by atoms with van der Waals surface area (Å²) in [5.41, 5.74) is 1.48. The number of carbonyl (C=O) groups is 1. The molecule has 2 aromatic rings. The molecule has 1 aromatic heterocycles. The van der Waals surface area contributed by atoms with Gasteiger partial charge in [0.05, 0.1) is 29.1 Å². The maximum atomic E-state index is 13.9. The number of aliphatic hydroxyl groups excluding tert-OH is 1. The van der Waals surface area contributed by atoms with Gasteiger partial charge in [0.15, 0.2) is 0 Å². The third-order valence-electron chi connectivity index (χ3n) is 5.10. The molecular weight excluding hydrogens is 437 g/mol. The van der Waals surface area contributed by atoms with Crippen molar-refractivity contribution in [3.63, 3.8) is 0 Å². The molecule has 1 fully saturated rings. The number of hydrogen-bond acceptors (Lipinski definition) is 7. The normalized spacial score (nSPS) is 16.2. The van der Waals surface area contributed by atoms with Crippen molar-refractivity contribution in [3.05, 3.63) is 64.8 Å². The first-order valence-electron chi connectivity index (χ1n) is 10.2. The fourth-order valence-corrected chi connectivity index (χ4v) is 3.45. The van der Waals surface area contributed by atoms with E-state index >= 15 is 0 Å². The minimum absolute atomic E-state index is 0.0343. The fourth-order valence-electron chi connectivity index (χ4n) is 3.33. The van der Waals surface area contributed by atoms with Crippen molar-refractivity contribution >= 4 is 29.7 Å². The smallest absolute Gasteiger partial charge is 0.223 e. The minimum Gasteiger partial charge on any atom is -0.394 e. The number of allylic oxidation sites excluding steroid dienone is 1. The zero-order valence-electron chi connectivity index (χ0n) is 17.6. The predicted molar refractivity (Wildman–Crippen MR) is 120 cm³/mol. The number of nitrogens with one attached hydrogen (secondary N) is 1. The van der Waals surface area contributed by atoms with Crippen molar-refractivity contribution in [1.82, 2.24) is 14.9 Å². The highest BCUT2D eigenvalue weighted by Gasteiger charge is 2.19. The van der Waals surface area contributed by atoms with Crippen LogP contribution in [0.1, 0.15) is 30.1 Å². The Labute approximate surface area is 190 Å². The molecule has 0 bridgehead atoms. The second-order valence-corrected chi connectivity index (χ2v) is 7.55. The van der Waals surface area contributed by atoms with Crippen molar-refractivity contribution in [2.45, 2.75) is 24.9 Å². The molecule has 32 heavy (non-hydrogen) atoms.